The van der Waals surface area contributed by atoms with Crippen molar-refractivity contribution in [2.75, 3.05) is 13.2 Å². The molecule has 0 bridgehead atoms. The third-order valence-electron chi connectivity index (χ3n) is 17.1. The maximum atomic E-state index is 12.9. The Labute approximate surface area is 518 Å². The molecule has 488 valence electrons. The Morgan fingerprint density at radius 1 is 0.241 bits per heavy atom. The van der Waals surface area contributed by atoms with Crippen molar-refractivity contribution in [2.24, 2.45) is 0 Å². The van der Waals surface area contributed by atoms with Gasteiger partial charge in [-0.1, -0.05) is 365 Å². The molecule has 0 aliphatic heterocycles. The Bertz CT molecular complexity index is 1380. The summed E-state index contributed by atoms with van der Waals surface area (Å²) in [6.45, 7) is 6.66. The molecule has 6 heteroatoms. The van der Waals surface area contributed by atoms with Crippen LogP contribution in [0.5, 0.6) is 0 Å². The number of rotatable bonds is 70. The predicted octanol–water partition coefficient (Wildman–Crippen LogP) is 25.9. The smallest absolute Gasteiger partial charge is 0.306 e. The second kappa shape index (κ2) is 72.1. The van der Waals surface area contributed by atoms with E-state index in [1.807, 2.05) is 0 Å². The fourth-order valence-corrected chi connectivity index (χ4v) is 11.5. The van der Waals surface area contributed by atoms with Gasteiger partial charge in [0.2, 0.25) is 0 Å². The third-order valence-corrected chi connectivity index (χ3v) is 17.1. The predicted molar refractivity (Wildman–Crippen MR) is 362 cm³/mol. The fraction of sp³-hybridized carbons (Fsp3) is 0.883. The lowest BCUT2D eigenvalue weighted by Gasteiger charge is -2.18. The van der Waals surface area contributed by atoms with Crippen LogP contribution in [0.1, 0.15) is 419 Å². The molecule has 0 fully saturated rings. The van der Waals surface area contributed by atoms with Gasteiger partial charge in [-0.2, -0.15) is 0 Å². The van der Waals surface area contributed by atoms with Gasteiger partial charge in [0.1, 0.15) is 13.2 Å². The second-order valence-electron chi connectivity index (χ2n) is 25.6. The topological polar surface area (TPSA) is 78.9 Å². The molecule has 0 spiro atoms. The summed E-state index contributed by atoms with van der Waals surface area (Å²) in [5.41, 5.74) is 0. The van der Waals surface area contributed by atoms with Gasteiger partial charge in [-0.25, -0.2) is 0 Å². The quantitative estimate of drug-likeness (QED) is 0.0261. The summed E-state index contributed by atoms with van der Waals surface area (Å²) < 4.78 is 17.0. The standard InChI is InChI=1S/C77H144O6/c1-4-7-10-13-16-19-22-25-28-30-31-32-33-34-35-36-37-38-39-40-41-42-43-44-45-46-47-48-50-52-55-58-61-64-67-70-76(79)82-73-74(72-81-75(78)69-66-63-60-57-54-51-27-24-21-18-15-12-9-6-3)83-77(80)71-68-65-62-59-56-53-49-29-26-23-20-17-14-11-8-5-2/h15,18,24,27,30-31,74H,4-14,16-17,19-23,25-26,28-29,32-73H2,1-3H3/b18-15-,27-24-,31-30-. The molecule has 0 aromatic heterocycles. The highest BCUT2D eigenvalue weighted by molar-refractivity contribution is 5.71. The molecule has 0 saturated heterocycles. The highest BCUT2D eigenvalue weighted by atomic mass is 16.6. The van der Waals surface area contributed by atoms with E-state index >= 15 is 0 Å². The van der Waals surface area contributed by atoms with E-state index in [0.29, 0.717) is 19.3 Å². The fourth-order valence-electron chi connectivity index (χ4n) is 11.5. The monoisotopic (exact) mass is 1170 g/mol. The van der Waals surface area contributed by atoms with E-state index in [1.165, 1.54) is 302 Å². The maximum absolute atomic E-state index is 12.9. The van der Waals surface area contributed by atoms with Gasteiger partial charge < -0.3 is 14.2 Å². The van der Waals surface area contributed by atoms with Crippen molar-refractivity contribution in [2.45, 2.75) is 425 Å². The van der Waals surface area contributed by atoms with Crippen molar-refractivity contribution >= 4 is 17.9 Å². The van der Waals surface area contributed by atoms with Gasteiger partial charge in [-0.15, -0.1) is 0 Å². The summed E-state index contributed by atoms with van der Waals surface area (Å²) in [6, 6.07) is 0. The highest BCUT2D eigenvalue weighted by Crippen LogP contribution is 2.19. The average molecular weight is 1170 g/mol. The van der Waals surface area contributed by atoms with Gasteiger partial charge in [0, 0.05) is 19.3 Å². The van der Waals surface area contributed by atoms with Crippen molar-refractivity contribution in [1.82, 2.24) is 0 Å². The molecule has 0 N–H and O–H groups in total. The molecule has 0 amide bonds. The lowest BCUT2D eigenvalue weighted by molar-refractivity contribution is -0.167. The Balaban J connectivity index is 4.07. The lowest BCUT2D eigenvalue weighted by Crippen LogP contribution is -2.30. The van der Waals surface area contributed by atoms with Crippen LogP contribution in [0.3, 0.4) is 0 Å². The Morgan fingerprint density at radius 2 is 0.446 bits per heavy atom. The molecule has 1 unspecified atom stereocenters. The van der Waals surface area contributed by atoms with Crippen molar-refractivity contribution in [3.8, 4) is 0 Å². The van der Waals surface area contributed by atoms with E-state index in [0.717, 1.165) is 77.0 Å². The van der Waals surface area contributed by atoms with E-state index in [1.54, 1.807) is 0 Å². The van der Waals surface area contributed by atoms with Crippen molar-refractivity contribution in [1.29, 1.82) is 0 Å². The molecular weight excluding hydrogens is 1020 g/mol. The number of carbonyl (C=O) groups excluding carboxylic acids is 3. The van der Waals surface area contributed by atoms with Crippen LogP contribution in [0.25, 0.3) is 0 Å². The lowest BCUT2D eigenvalue weighted by atomic mass is 10.0. The minimum Gasteiger partial charge on any atom is -0.462 e. The van der Waals surface area contributed by atoms with Crippen LogP contribution in [0, 0.1) is 0 Å². The van der Waals surface area contributed by atoms with Crippen molar-refractivity contribution < 1.29 is 28.6 Å². The Kier molecular flexibility index (Phi) is 70.0. The normalized spacial score (nSPS) is 12.2. The summed E-state index contributed by atoms with van der Waals surface area (Å²) in [5, 5.41) is 0. The minimum absolute atomic E-state index is 0.0705. The molecule has 83 heavy (non-hydrogen) atoms. The Morgan fingerprint density at radius 3 is 0.711 bits per heavy atom. The number of hydrogen-bond donors (Lipinski definition) is 0. The van der Waals surface area contributed by atoms with E-state index < -0.39 is 6.10 Å². The summed E-state index contributed by atoms with van der Waals surface area (Å²) >= 11 is 0. The minimum atomic E-state index is -0.775. The van der Waals surface area contributed by atoms with Gasteiger partial charge in [-0.05, 0) is 70.6 Å². The van der Waals surface area contributed by atoms with E-state index in [-0.39, 0.29) is 31.1 Å². The molecule has 0 aromatic carbocycles. The summed E-state index contributed by atoms with van der Waals surface area (Å²) in [6.07, 6.45) is 90.6. The number of carbonyl (C=O) groups is 3. The average Bonchev–Trinajstić information content (AvgIpc) is 3.49. The second-order valence-corrected chi connectivity index (χ2v) is 25.6. The molecule has 0 saturated carbocycles. The summed E-state index contributed by atoms with van der Waals surface area (Å²) in [7, 11) is 0. The molecule has 0 aliphatic rings. The Hall–Kier alpha value is -2.37. The van der Waals surface area contributed by atoms with Gasteiger partial charge in [0.15, 0.2) is 6.10 Å². The van der Waals surface area contributed by atoms with Gasteiger partial charge in [-0.3, -0.25) is 14.4 Å². The first kappa shape index (κ1) is 80.6. The van der Waals surface area contributed by atoms with Crippen molar-refractivity contribution in [3.05, 3.63) is 36.5 Å². The van der Waals surface area contributed by atoms with Crippen LogP contribution in [-0.2, 0) is 28.6 Å². The largest absolute Gasteiger partial charge is 0.462 e. The van der Waals surface area contributed by atoms with E-state index in [2.05, 4.69) is 57.2 Å². The zero-order chi connectivity index (χ0) is 59.9. The van der Waals surface area contributed by atoms with Crippen LogP contribution in [-0.4, -0.2) is 37.2 Å². The zero-order valence-corrected chi connectivity index (χ0v) is 56.2. The highest BCUT2D eigenvalue weighted by Gasteiger charge is 2.20. The first-order valence-corrected chi connectivity index (χ1v) is 37.5. The van der Waals surface area contributed by atoms with Gasteiger partial charge >= 0.3 is 17.9 Å². The van der Waals surface area contributed by atoms with Crippen LogP contribution in [0.4, 0.5) is 0 Å². The molecule has 0 rings (SSSR count). The van der Waals surface area contributed by atoms with Gasteiger partial charge in [0.05, 0.1) is 0 Å². The van der Waals surface area contributed by atoms with Crippen LogP contribution in [0.15, 0.2) is 36.5 Å². The number of hydrogen-bond acceptors (Lipinski definition) is 6. The third kappa shape index (κ3) is 70.3. The molecule has 0 aromatic rings. The first-order valence-electron chi connectivity index (χ1n) is 37.5. The van der Waals surface area contributed by atoms with Crippen LogP contribution >= 0.6 is 0 Å². The van der Waals surface area contributed by atoms with E-state index in [9.17, 15) is 14.4 Å². The van der Waals surface area contributed by atoms with Crippen LogP contribution in [0.2, 0.25) is 0 Å². The van der Waals surface area contributed by atoms with E-state index in [4.69, 9.17) is 14.2 Å². The van der Waals surface area contributed by atoms with Crippen molar-refractivity contribution in [3.63, 3.8) is 0 Å². The van der Waals surface area contributed by atoms with Crippen LogP contribution < -0.4 is 0 Å². The summed E-state index contributed by atoms with van der Waals surface area (Å²) in [4.78, 5) is 38.4. The number of ether oxygens (including phenoxy) is 3. The molecule has 6 nitrogen and oxygen atoms in total. The molecule has 0 radical (unpaired) electrons. The molecule has 0 heterocycles. The zero-order valence-electron chi connectivity index (χ0n) is 56.2. The molecule has 0 aliphatic carbocycles. The molecular formula is C77H144O6. The number of unbranched alkanes of at least 4 members (excludes halogenated alkanes) is 53. The SMILES string of the molecule is CCCC/C=C\C/C=C\CCCCCCCC(=O)OCC(COC(=O)CCCCCCCCCCCCCCCCCCCCCCCCC/C=C\CCCCCCCCCC)OC(=O)CCCCCCCCCCCCCCCCCC. The first-order chi connectivity index (χ1) is 41.0. The molecule has 1 atom stereocenters. The number of esters is 3. The number of allylic oxidation sites excluding steroid dienone is 6. The van der Waals surface area contributed by atoms with Gasteiger partial charge in [0.25, 0.3) is 0 Å². The summed E-state index contributed by atoms with van der Waals surface area (Å²) in [5.74, 6) is -0.855. The maximum Gasteiger partial charge on any atom is 0.306 e.